The maximum absolute atomic E-state index is 11.5. The third-order valence-corrected chi connectivity index (χ3v) is 5.33. The summed E-state index contributed by atoms with van der Waals surface area (Å²) in [7, 11) is 1.38. The second-order valence-electron chi connectivity index (χ2n) is 6.39. The van der Waals surface area contributed by atoms with Gasteiger partial charge in [-0.2, -0.15) is 0 Å². The van der Waals surface area contributed by atoms with Crippen LogP contribution in [0.25, 0.3) is 0 Å². The number of hydrogen-bond acceptors (Lipinski definition) is 6. The number of ether oxygens (including phenoxy) is 1. The zero-order valence-electron chi connectivity index (χ0n) is 15.8. The van der Waals surface area contributed by atoms with Crippen molar-refractivity contribution in [1.82, 2.24) is 14.8 Å². The summed E-state index contributed by atoms with van der Waals surface area (Å²) in [5.74, 6) is 0.623. The lowest BCUT2D eigenvalue weighted by molar-refractivity contribution is -0.137. The second kappa shape index (κ2) is 10.1. The summed E-state index contributed by atoms with van der Waals surface area (Å²) in [5.41, 5.74) is 8.84. The number of aryl methyl sites for hydroxylation is 1. The standard InChI is InChI=1S/C21H24N4O2S/c1-27-19(26)15-28-21-24-23-20(18(22)14-17-10-6-3-7-11-17)25(21)13-12-16-8-4-2-5-9-16/h2-11,18H,12-15,22H2,1H3/t18-/m0/s1. The van der Waals surface area contributed by atoms with Crippen LogP contribution in [0.2, 0.25) is 0 Å². The highest BCUT2D eigenvalue weighted by Gasteiger charge is 2.20. The molecule has 0 saturated carbocycles. The number of hydrogen-bond donors (Lipinski definition) is 1. The van der Waals surface area contributed by atoms with Crippen LogP contribution in [0.5, 0.6) is 0 Å². The van der Waals surface area contributed by atoms with Crippen molar-refractivity contribution >= 4 is 17.7 Å². The van der Waals surface area contributed by atoms with E-state index in [0.717, 1.165) is 17.8 Å². The number of aromatic nitrogens is 3. The number of thioether (sulfide) groups is 1. The molecule has 7 heteroatoms. The van der Waals surface area contributed by atoms with Gasteiger partial charge in [0.1, 0.15) is 0 Å². The van der Waals surface area contributed by atoms with Gasteiger partial charge in [-0.3, -0.25) is 4.79 Å². The predicted molar refractivity (Wildman–Crippen MR) is 110 cm³/mol. The molecule has 0 amide bonds. The van der Waals surface area contributed by atoms with Gasteiger partial charge in [0.2, 0.25) is 0 Å². The Morgan fingerprint density at radius 2 is 1.71 bits per heavy atom. The molecule has 3 aromatic rings. The van der Waals surface area contributed by atoms with E-state index in [9.17, 15) is 4.79 Å². The van der Waals surface area contributed by atoms with E-state index in [2.05, 4.69) is 34.5 Å². The maximum Gasteiger partial charge on any atom is 0.316 e. The van der Waals surface area contributed by atoms with Gasteiger partial charge >= 0.3 is 5.97 Å². The average molecular weight is 397 g/mol. The maximum atomic E-state index is 11.5. The van der Waals surface area contributed by atoms with E-state index in [0.29, 0.717) is 18.1 Å². The molecule has 6 nitrogen and oxygen atoms in total. The molecule has 0 aliphatic rings. The van der Waals surface area contributed by atoms with Gasteiger partial charge in [0, 0.05) is 6.54 Å². The Morgan fingerprint density at radius 1 is 1.07 bits per heavy atom. The Bertz CT molecular complexity index is 884. The van der Waals surface area contributed by atoms with Gasteiger partial charge in [0.25, 0.3) is 0 Å². The van der Waals surface area contributed by atoms with Crippen LogP contribution in [0.3, 0.4) is 0 Å². The minimum Gasteiger partial charge on any atom is -0.468 e. The molecule has 2 N–H and O–H groups in total. The first-order chi connectivity index (χ1) is 13.7. The topological polar surface area (TPSA) is 83.0 Å². The summed E-state index contributed by atoms with van der Waals surface area (Å²) in [5, 5.41) is 9.31. The molecular weight excluding hydrogens is 372 g/mol. The summed E-state index contributed by atoms with van der Waals surface area (Å²) in [4.78, 5) is 11.5. The van der Waals surface area contributed by atoms with E-state index in [4.69, 9.17) is 10.5 Å². The first kappa shape index (κ1) is 20.1. The average Bonchev–Trinajstić information content (AvgIpc) is 3.15. The molecule has 3 rings (SSSR count). The van der Waals surface area contributed by atoms with Crippen LogP contribution in [0.4, 0.5) is 0 Å². The largest absolute Gasteiger partial charge is 0.468 e. The number of nitrogens with two attached hydrogens (primary N) is 1. The van der Waals surface area contributed by atoms with E-state index in [1.165, 1.54) is 24.4 Å². The van der Waals surface area contributed by atoms with Gasteiger partial charge in [0.15, 0.2) is 11.0 Å². The number of carbonyl (C=O) groups excluding carboxylic acids is 1. The molecule has 1 atom stereocenters. The fourth-order valence-corrected chi connectivity index (χ4v) is 3.72. The molecule has 1 aromatic heterocycles. The van der Waals surface area contributed by atoms with Crippen molar-refractivity contribution in [1.29, 1.82) is 0 Å². The van der Waals surface area contributed by atoms with Crippen LogP contribution < -0.4 is 5.73 Å². The van der Waals surface area contributed by atoms with Crippen molar-refractivity contribution in [3.63, 3.8) is 0 Å². The van der Waals surface area contributed by atoms with Crippen LogP contribution in [-0.2, 0) is 28.9 Å². The third-order valence-electron chi connectivity index (χ3n) is 4.39. The predicted octanol–water partition coefficient (Wildman–Crippen LogP) is 3.03. The van der Waals surface area contributed by atoms with Crippen LogP contribution in [0.1, 0.15) is 23.0 Å². The van der Waals surface area contributed by atoms with Gasteiger partial charge < -0.3 is 15.0 Å². The zero-order chi connectivity index (χ0) is 19.8. The Balaban J connectivity index is 1.79. The normalized spacial score (nSPS) is 11.9. The molecule has 0 fully saturated rings. The van der Waals surface area contributed by atoms with Crippen molar-refractivity contribution < 1.29 is 9.53 Å². The van der Waals surface area contributed by atoms with Crippen LogP contribution in [-0.4, -0.2) is 33.6 Å². The first-order valence-corrected chi connectivity index (χ1v) is 10.1. The summed E-state index contributed by atoms with van der Waals surface area (Å²) in [6.45, 7) is 0.693. The van der Waals surface area contributed by atoms with E-state index in [1.54, 1.807) is 0 Å². The SMILES string of the molecule is COC(=O)CSc1nnc([C@@H](N)Cc2ccccc2)n1CCc1ccccc1. The minimum atomic E-state index is -0.294. The lowest BCUT2D eigenvalue weighted by atomic mass is 10.1. The molecule has 0 aliphatic heterocycles. The summed E-state index contributed by atoms with van der Waals surface area (Å²) in [6, 6.07) is 20.0. The highest BCUT2D eigenvalue weighted by atomic mass is 32.2. The molecule has 0 saturated heterocycles. The van der Waals surface area contributed by atoms with Crippen LogP contribution in [0.15, 0.2) is 65.8 Å². The van der Waals surface area contributed by atoms with E-state index < -0.39 is 0 Å². The molecule has 0 radical (unpaired) electrons. The van der Waals surface area contributed by atoms with Crippen LogP contribution in [0, 0.1) is 0 Å². The van der Waals surface area contributed by atoms with Crippen molar-refractivity contribution in [2.24, 2.45) is 5.73 Å². The number of rotatable bonds is 9. The number of esters is 1. The molecule has 0 spiro atoms. The molecule has 0 bridgehead atoms. The van der Waals surface area contributed by atoms with E-state index in [-0.39, 0.29) is 17.8 Å². The minimum absolute atomic E-state index is 0.188. The van der Waals surface area contributed by atoms with E-state index in [1.807, 2.05) is 41.0 Å². The number of methoxy groups -OCH3 is 1. The summed E-state index contributed by atoms with van der Waals surface area (Å²) < 4.78 is 6.75. The summed E-state index contributed by atoms with van der Waals surface area (Å²) in [6.07, 6.45) is 1.50. The lowest BCUT2D eigenvalue weighted by Crippen LogP contribution is -2.20. The van der Waals surface area contributed by atoms with Gasteiger partial charge in [-0.05, 0) is 24.0 Å². The van der Waals surface area contributed by atoms with Crippen molar-refractivity contribution in [2.75, 3.05) is 12.9 Å². The first-order valence-electron chi connectivity index (χ1n) is 9.13. The highest BCUT2D eigenvalue weighted by molar-refractivity contribution is 7.99. The third kappa shape index (κ3) is 5.43. The smallest absolute Gasteiger partial charge is 0.316 e. The zero-order valence-corrected chi connectivity index (χ0v) is 16.6. The molecule has 1 heterocycles. The second-order valence-corrected chi connectivity index (χ2v) is 7.33. The Hall–Kier alpha value is -2.64. The number of carbonyl (C=O) groups is 1. The Labute approximate surface area is 169 Å². The molecule has 146 valence electrons. The number of benzene rings is 2. The van der Waals surface area contributed by atoms with Crippen LogP contribution >= 0.6 is 11.8 Å². The monoisotopic (exact) mass is 396 g/mol. The van der Waals surface area contributed by atoms with Crippen molar-refractivity contribution in [2.45, 2.75) is 30.6 Å². The van der Waals surface area contributed by atoms with Gasteiger partial charge in [-0.25, -0.2) is 0 Å². The highest BCUT2D eigenvalue weighted by Crippen LogP contribution is 2.22. The fourth-order valence-electron chi connectivity index (χ4n) is 2.92. The van der Waals surface area contributed by atoms with E-state index >= 15 is 0 Å². The van der Waals surface area contributed by atoms with Gasteiger partial charge in [0.05, 0.1) is 18.9 Å². The Morgan fingerprint density at radius 3 is 2.36 bits per heavy atom. The summed E-state index contributed by atoms with van der Waals surface area (Å²) >= 11 is 1.32. The quantitative estimate of drug-likeness (QED) is 0.442. The molecular formula is C21H24N4O2S. The molecule has 28 heavy (non-hydrogen) atoms. The van der Waals surface area contributed by atoms with Gasteiger partial charge in [-0.15, -0.1) is 10.2 Å². The number of nitrogens with zero attached hydrogens (tertiary/aromatic N) is 3. The Kier molecular flexibility index (Phi) is 7.22. The lowest BCUT2D eigenvalue weighted by Gasteiger charge is -2.15. The van der Waals surface area contributed by atoms with Crippen molar-refractivity contribution in [3.05, 3.63) is 77.6 Å². The molecule has 2 aromatic carbocycles. The molecule has 0 unspecified atom stereocenters. The molecule has 0 aliphatic carbocycles. The van der Waals surface area contributed by atoms with Gasteiger partial charge in [-0.1, -0.05) is 72.4 Å². The van der Waals surface area contributed by atoms with Crippen molar-refractivity contribution in [3.8, 4) is 0 Å². The fraction of sp³-hybridized carbons (Fsp3) is 0.286.